The fourth-order valence-corrected chi connectivity index (χ4v) is 4.94. The van der Waals surface area contributed by atoms with E-state index in [1.54, 1.807) is 22.9 Å². The van der Waals surface area contributed by atoms with E-state index in [1.165, 1.54) is 5.56 Å². The number of anilines is 2. The molecular weight excluding hydrogens is 486 g/mol. The Hall–Kier alpha value is -3.14. The van der Waals surface area contributed by atoms with E-state index in [2.05, 4.69) is 36.5 Å². The van der Waals surface area contributed by atoms with Crippen LogP contribution in [0.5, 0.6) is 0 Å². The topological polar surface area (TPSA) is 105 Å². The number of nitrogens with zero attached hydrogens (tertiary/aromatic N) is 5. The van der Waals surface area contributed by atoms with E-state index in [0.29, 0.717) is 25.6 Å². The lowest BCUT2D eigenvalue weighted by molar-refractivity contribution is -0.126. The summed E-state index contributed by atoms with van der Waals surface area (Å²) in [5, 5.41) is 12.6. The summed E-state index contributed by atoms with van der Waals surface area (Å²) in [4.78, 5) is 36.7. The molecule has 0 saturated carbocycles. The van der Waals surface area contributed by atoms with Crippen LogP contribution in [0.15, 0.2) is 29.6 Å². The summed E-state index contributed by atoms with van der Waals surface area (Å²) in [6, 6.07) is 5.97. The number of thioether (sulfide) groups is 1. The molecule has 4 rings (SSSR count). The largest absolute Gasteiger partial charge is 0.369 e. The SMILES string of the molecule is CCCSc1nc(NCC(C)C)c2cnn(CCNC(=O)C3CC(=O)N(c4ccc(C)c(C)c4)C3)c2n1. The highest BCUT2D eigenvalue weighted by atomic mass is 32.2. The molecule has 0 radical (unpaired) electrons. The fourth-order valence-electron chi connectivity index (χ4n) is 4.25. The van der Waals surface area contributed by atoms with Crippen LogP contribution in [-0.4, -0.2) is 56.9 Å². The molecule has 0 spiro atoms. The number of benzene rings is 1. The lowest BCUT2D eigenvalue weighted by atomic mass is 10.1. The Morgan fingerprint density at radius 3 is 2.76 bits per heavy atom. The zero-order valence-corrected chi connectivity index (χ0v) is 23.2. The Balaban J connectivity index is 1.40. The van der Waals surface area contributed by atoms with Crippen molar-refractivity contribution in [3.05, 3.63) is 35.5 Å². The molecule has 1 saturated heterocycles. The van der Waals surface area contributed by atoms with Gasteiger partial charge in [-0.2, -0.15) is 5.10 Å². The number of fused-ring (bicyclic) bond motifs is 1. The molecule has 2 N–H and O–H groups in total. The van der Waals surface area contributed by atoms with E-state index in [1.807, 2.05) is 36.7 Å². The number of carbonyl (C=O) groups is 2. The van der Waals surface area contributed by atoms with Crippen LogP contribution in [0.25, 0.3) is 11.0 Å². The summed E-state index contributed by atoms with van der Waals surface area (Å²) < 4.78 is 1.81. The fraction of sp³-hybridized carbons (Fsp3) is 0.519. The standard InChI is InChI=1S/C27H37N7O2S/c1-6-11-37-27-31-24(29-14-17(2)3)22-15-30-34(25(22)32-27)10-9-28-26(36)20-13-23(35)33(16-20)21-8-7-18(4)19(5)12-21/h7-8,12,15,17,20H,6,9-11,13-14,16H2,1-5H3,(H,28,36)(H,29,31,32). The van der Waals surface area contributed by atoms with Crippen LogP contribution in [0.1, 0.15) is 44.7 Å². The van der Waals surface area contributed by atoms with Crippen LogP contribution < -0.4 is 15.5 Å². The lowest BCUT2D eigenvalue weighted by Crippen LogP contribution is -2.35. The minimum absolute atomic E-state index is 0.0169. The smallest absolute Gasteiger partial charge is 0.227 e. The van der Waals surface area contributed by atoms with Crippen molar-refractivity contribution in [1.82, 2.24) is 25.1 Å². The summed E-state index contributed by atoms with van der Waals surface area (Å²) in [5.41, 5.74) is 3.92. The first kappa shape index (κ1) is 26.9. The van der Waals surface area contributed by atoms with E-state index in [4.69, 9.17) is 9.97 Å². The highest BCUT2D eigenvalue weighted by molar-refractivity contribution is 7.99. The third-order valence-electron chi connectivity index (χ3n) is 6.51. The van der Waals surface area contributed by atoms with Crippen molar-refractivity contribution in [3.8, 4) is 0 Å². The van der Waals surface area contributed by atoms with Gasteiger partial charge in [-0.1, -0.05) is 38.6 Å². The zero-order valence-electron chi connectivity index (χ0n) is 22.4. The van der Waals surface area contributed by atoms with Crippen molar-refractivity contribution in [2.24, 2.45) is 11.8 Å². The van der Waals surface area contributed by atoms with Gasteiger partial charge in [-0.15, -0.1) is 0 Å². The second-order valence-corrected chi connectivity index (χ2v) is 11.1. The minimum Gasteiger partial charge on any atom is -0.369 e. The van der Waals surface area contributed by atoms with Gasteiger partial charge in [0.25, 0.3) is 0 Å². The normalized spacial score (nSPS) is 15.7. The van der Waals surface area contributed by atoms with Gasteiger partial charge >= 0.3 is 0 Å². The number of aromatic nitrogens is 4. The highest BCUT2D eigenvalue weighted by Gasteiger charge is 2.35. The Morgan fingerprint density at radius 2 is 2.03 bits per heavy atom. The molecule has 1 fully saturated rings. The molecule has 1 aliphatic heterocycles. The first-order valence-electron chi connectivity index (χ1n) is 13.0. The van der Waals surface area contributed by atoms with Crippen LogP contribution in [0.3, 0.4) is 0 Å². The molecule has 9 nitrogen and oxygen atoms in total. The molecular formula is C27H37N7O2S. The Bertz CT molecular complexity index is 1270. The second kappa shape index (κ2) is 11.9. The number of rotatable bonds is 11. The summed E-state index contributed by atoms with van der Waals surface area (Å²) in [6.07, 6.45) is 3.04. The predicted octanol–water partition coefficient (Wildman–Crippen LogP) is 4.18. The predicted molar refractivity (Wildman–Crippen MR) is 149 cm³/mol. The molecule has 0 aliphatic carbocycles. The van der Waals surface area contributed by atoms with Gasteiger partial charge in [0, 0.05) is 37.5 Å². The first-order chi connectivity index (χ1) is 17.8. The molecule has 3 aromatic rings. The maximum absolute atomic E-state index is 12.9. The van der Waals surface area contributed by atoms with Crippen molar-refractivity contribution in [1.29, 1.82) is 0 Å². The molecule has 0 bridgehead atoms. The Labute approximate surface area is 222 Å². The molecule has 1 unspecified atom stereocenters. The first-order valence-corrected chi connectivity index (χ1v) is 14.0. The lowest BCUT2D eigenvalue weighted by Gasteiger charge is -2.18. The molecule has 1 aromatic carbocycles. The number of hydrogen-bond acceptors (Lipinski definition) is 7. The Morgan fingerprint density at radius 1 is 1.22 bits per heavy atom. The number of amides is 2. The van der Waals surface area contributed by atoms with Crippen molar-refractivity contribution in [2.75, 3.05) is 35.6 Å². The molecule has 2 amide bonds. The number of aryl methyl sites for hydroxylation is 2. The van der Waals surface area contributed by atoms with Gasteiger partial charge in [0.2, 0.25) is 11.8 Å². The van der Waals surface area contributed by atoms with E-state index >= 15 is 0 Å². The third-order valence-corrected chi connectivity index (χ3v) is 7.56. The number of nitrogens with one attached hydrogen (secondary N) is 2. The average Bonchev–Trinajstić information content (AvgIpc) is 3.46. The summed E-state index contributed by atoms with van der Waals surface area (Å²) in [5.74, 6) is 1.73. The molecule has 1 aliphatic rings. The van der Waals surface area contributed by atoms with Crippen LogP contribution in [0.4, 0.5) is 11.5 Å². The second-order valence-electron chi connectivity index (χ2n) is 10.0. The molecule has 10 heteroatoms. The molecule has 198 valence electrons. The molecule has 1 atom stereocenters. The van der Waals surface area contributed by atoms with Crippen LogP contribution in [0.2, 0.25) is 0 Å². The Kier molecular flexibility index (Phi) is 8.68. The monoisotopic (exact) mass is 523 g/mol. The van der Waals surface area contributed by atoms with E-state index < -0.39 is 0 Å². The summed E-state index contributed by atoms with van der Waals surface area (Å²) in [7, 11) is 0. The average molecular weight is 524 g/mol. The van der Waals surface area contributed by atoms with Crippen molar-refractivity contribution in [2.45, 2.75) is 59.2 Å². The van der Waals surface area contributed by atoms with Crippen molar-refractivity contribution in [3.63, 3.8) is 0 Å². The van der Waals surface area contributed by atoms with Crippen LogP contribution in [-0.2, 0) is 16.1 Å². The molecule has 3 heterocycles. The maximum atomic E-state index is 12.9. The van der Waals surface area contributed by atoms with Gasteiger partial charge in [0.05, 0.1) is 24.0 Å². The van der Waals surface area contributed by atoms with E-state index in [0.717, 1.165) is 52.0 Å². The number of hydrogen-bond donors (Lipinski definition) is 2. The van der Waals surface area contributed by atoms with Gasteiger partial charge in [0.1, 0.15) is 5.82 Å². The van der Waals surface area contributed by atoms with Gasteiger partial charge < -0.3 is 15.5 Å². The highest BCUT2D eigenvalue weighted by Crippen LogP contribution is 2.27. The molecule has 2 aromatic heterocycles. The third kappa shape index (κ3) is 6.41. The van der Waals surface area contributed by atoms with Gasteiger partial charge in [-0.25, -0.2) is 14.6 Å². The maximum Gasteiger partial charge on any atom is 0.227 e. The summed E-state index contributed by atoms with van der Waals surface area (Å²) >= 11 is 1.63. The van der Waals surface area contributed by atoms with Gasteiger partial charge in [-0.3, -0.25) is 9.59 Å². The van der Waals surface area contributed by atoms with Crippen LogP contribution >= 0.6 is 11.8 Å². The summed E-state index contributed by atoms with van der Waals surface area (Å²) in [6.45, 7) is 12.6. The van der Waals surface area contributed by atoms with E-state index in [9.17, 15) is 9.59 Å². The zero-order chi connectivity index (χ0) is 26.5. The minimum atomic E-state index is -0.366. The van der Waals surface area contributed by atoms with E-state index in [-0.39, 0.29) is 24.2 Å². The number of carbonyl (C=O) groups excluding carboxylic acids is 2. The van der Waals surface area contributed by atoms with Crippen LogP contribution in [0, 0.1) is 25.7 Å². The van der Waals surface area contributed by atoms with Gasteiger partial charge in [-0.05, 0) is 49.4 Å². The van der Waals surface area contributed by atoms with Crippen molar-refractivity contribution >= 4 is 46.1 Å². The molecule has 37 heavy (non-hydrogen) atoms. The quantitative estimate of drug-likeness (QED) is 0.287. The van der Waals surface area contributed by atoms with Gasteiger partial charge in [0.15, 0.2) is 10.8 Å². The van der Waals surface area contributed by atoms with Crippen molar-refractivity contribution < 1.29 is 9.59 Å².